The van der Waals surface area contributed by atoms with Gasteiger partial charge in [-0.2, -0.15) is 0 Å². The molecular formula is C22H38O2. The number of hydrogen-bond donors (Lipinski definition) is 0. The molecule has 4 aliphatic carbocycles. The summed E-state index contributed by atoms with van der Waals surface area (Å²) in [6, 6.07) is 0. The highest BCUT2D eigenvalue weighted by Crippen LogP contribution is 2.65. The van der Waals surface area contributed by atoms with E-state index in [1.807, 2.05) is 13.8 Å². The van der Waals surface area contributed by atoms with Crippen molar-refractivity contribution >= 4 is 5.97 Å². The number of rotatable bonds is 6. The zero-order chi connectivity index (χ0) is 17.8. The van der Waals surface area contributed by atoms with Crippen LogP contribution in [0.15, 0.2) is 0 Å². The minimum atomic E-state index is -0.358. The summed E-state index contributed by atoms with van der Waals surface area (Å²) in [4.78, 5) is 13.0. The first-order valence-corrected chi connectivity index (χ1v) is 10.3. The smallest absolute Gasteiger partial charge is 0.312 e. The molecule has 0 saturated heterocycles. The van der Waals surface area contributed by atoms with Crippen molar-refractivity contribution in [1.29, 1.82) is 0 Å². The zero-order valence-electron chi connectivity index (χ0n) is 16.8. The van der Waals surface area contributed by atoms with Crippen molar-refractivity contribution < 1.29 is 9.53 Å². The van der Waals surface area contributed by atoms with Crippen LogP contribution in [-0.2, 0) is 9.53 Å². The molecule has 2 heteroatoms. The van der Waals surface area contributed by atoms with Gasteiger partial charge in [-0.3, -0.25) is 4.79 Å². The summed E-state index contributed by atoms with van der Waals surface area (Å²) in [5.74, 6) is 2.81. The Morgan fingerprint density at radius 2 is 1.75 bits per heavy atom. The number of carbonyl (C=O) groups is 1. The lowest BCUT2D eigenvalue weighted by atomic mass is 9.44. The molecule has 24 heavy (non-hydrogen) atoms. The maximum Gasteiger partial charge on any atom is 0.312 e. The van der Waals surface area contributed by atoms with Crippen LogP contribution in [0.2, 0.25) is 0 Å². The lowest BCUT2D eigenvalue weighted by Gasteiger charge is -2.64. The molecule has 4 bridgehead atoms. The lowest BCUT2D eigenvalue weighted by Crippen LogP contribution is -2.62. The lowest BCUT2D eigenvalue weighted by molar-refractivity contribution is -0.232. The summed E-state index contributed by atoms with van der Waals surface area (Å²) < 4.78 is 6.53. The summed E-state index contributed by atoms with van der Waals surface area (Å²) >= 11 is 0. The van der Waals surface area contributed by atoms with Crippen molar-refractivity contribution in [3.8, 4) is 0 Å². The molecule has 0 aromatic carbocycles. The molecule has 4 rings (SSSR count). The summed E-state index contributed by atoms with van der Waals surface area (Å²) in [5, 5.41) is 0. The van der Waals surface area contributed by atoms with Crippen LogP contribution in [0.4, 0.5) is 0 Å². The molecule has 138 valence electrons. The fourth-order valence-electron chi connectivity index (χ4n) is 6.04. The molecular weight excluding hydrogens is 296 g/mol. The van der Waals surface area contributed by atoms with Crippen LogP contribution in [0.3, 0.4) is 0 Å². The average Bonchev–Trinajstić information content (AvgIpc) is 2.47. The van der Waals surface area contributed by atoms with Crippen molar-refractivity contribution in [1.82, 2.24) is 0 Å². The Hall–Kier alpha value is -0.530. The van der Waals surface area contributed by atoms with Gasteiger partial charge in [-0.25, -0.2) is 0 Å². The van der Waals surface area contributed by atoms with Gasteiger partial charge >= 0.3 is 5.97 Å². The molecule has 0 N–H and O–H groups in total. The van der Waals surface area contributed by atoms with E-state index in [0.717, 1.165) is 18.8 Å². The molecule has 0 aromatic heterocycles. The van der Waals surface area contributed by atoms with E-state index in [1.54, 1.807) is 0 Å². The van der Waals surface area contributed by atoms with E-state index < -0.39 is 0 Å². The topological polar surface area (TPSA) is 26.3 Å². The molecule has 4 saturated carbocycles. The van der Waals surface area contributed by atoms with Crippen molar-refractivity contribution in [2.24, 2.45) is 34.5 Å². The van der Waals surface area contributed by atoms with Crippen LogP contribution in [-0.4, -0.2) is 11.6 Å². The van der Waals surface area contributed by atoms with Crippen LogP contribution in [0.1, 0.15) is 92.9 Å². The van der Waals surface area contributed by atoms with Crippen LogP contribution >= 0.6 is 0 Å². The second-order valence-corrected chi connectivity index (χ2v) is 10.7. The van der Waals surface area contributed by atoms with Gasteiger partial charge in [0.15, 0.2) is 0 Å². The Bertz CT molecular complexity index is 474. The van der Waals surface area contributed by atoms with Crippen LogP contribution in [0.25, 0.3) is 0 Å². The molecule has 0 amide bonds. The largest absolute Gasteiger partial charge is 0.458 e. The fourth-order valence-corrected chi connectivity index (χ4v) is 6.04. The molecule has 0 radical (unpaired) electrons. The second-order valence-electron chi connectivity index (χ2n) is 10.7. The first kappa shape index (κ1) is 18.3. The third-order valence-electron chi connectivity index (χ3n) is 7.71. The third-order valence-corrected chi connectivity index (χ3v) is 7.71. The minimum Gasteiger partial charge on any atom is -0.458 e. The monoisotopic (exact) mass is 334 g/mol. The Kier molecular flexibility index (Phi) is 4.58. The quantitative estimate of drug-likeness (QED) is 0.558. The van der Waals surface area contributed by atoms with Crippen molar-refractivity contribution in [2.45, 2.75) is 98.5 Å². The van der Waals surface area contributed by atoms with E-state index in [4.69, 9.17) is 4.74 Å². The van der Waals surface area contributed by atoms with E-state index in [0.29, 0.717) is 23.2 Å². The SMILES string of the molecule is CCC(C)(C)C(=O)OC1(CCC(C)C)C2CC3CC1CC(C)(C3)C2. The average molecular weight is 335 g/mol. The van der Waals surface area contributed by atoms with E-state index in [-0.39, 0.29) is 17.0 Å². The number of carbonyl (C=O) groups excluding carboxylic acids is 1. The number of esters is 1. The zero-order valence-corrected chi connectivity index (χ0v) is 16.8. The number of hydrogen-bond acceptors (Lipinski definition) is 2. The minimum absolute atomic E-state index is 0.0476. The third kappa shape index (κ3) is 3.03. The maximum atomic E-state index is 13.0. The normalized spacial score (nSPS) is 41.0. The standard InChI is InChI=1S/C22H38O2/c1-7-20(4,5)19(23)24-22(9-8-15(2)3)17-10-16-11-18(22)14-21(6,12-16)13-17/h15-18H,7-14H2,1-6H3. The Morgan fingerprint density at radius 3 is 2.21 bits per heavy atom. The van der Waals surface area contributed by atoms with Crippen LogP contribution in [0.5, 0.6) is 0 Å². The van der Waals surface area contributed by atoms with Gasteiger partial charge < -0.3 is 4.74 Å². The van der Waals surface area contributed by atoms with Gasteiger partial charge in [0, 0.05) is 0 Å². The summed E-state index contributed by atoms with van der Waals surface area (Å²) in [6.07, 6.45) is 9.66. The van der Waals surface area contributed by atoms with Crippen molar-refractivity contribution in [2.75, 3.05) is 0 Å². The van der Waals surface area contributed by atoms with Gasteiger partial charge in [-0.15, -0.1) is 0 Å². The summed E-state index contributed by atoms with van der Waals surface area (Å²) in [5.41, 5.74) is -0.00185. The van der Waals surface area contributed by atoms with Crippen molar-refractivity contribution in [3.05, 3.63) is 0 Å². The first-order valence-electron chi connectivity index (χ1n) is 10.3. The van der Waals surface area contributed by atoms with Gasteiger partial charge in [-0.05, 0) is 94.3 Å². The molecule has 2 atom stereocenters. The highest BCUT2D eigenvalue weighted by Gasteiger charge is 2.62. The van der Waals surface area contributed by atoms with E-state index >= 15 is 0 Å². The molecule has 4 fully saturated rings. The van der Waals surface area contributed by atoms with Gasteiger partial charge in [0.05, 0.1) is 5.41 Å². The predicted molar refractivity (Wildman–Crippen MR) is 98.6 cm³/mol. The molecule has 2 nitrogen and oxygen atoms in total. The van der Waals surface area contributed by atoms with Gasteiger partial charge in [0.25, 0.3) is 0 Å². The maximum absolute atomic E-state index is 13.0. The highest BCUT2D eigenvalue weighted by molar-refractivity contribution is 5.76. The van der Waals surface area contributed by atoms with Crippen LogP contribution in [0, 0.1) is 34.5 Å². The van der Waals surface area contributed by atoms with Gasteiger partial charge in [0.1, 0.15) is 5.60 Å². The predicted octanol–water partition coefficient (Wildman–Crippen LogP) is 5.99. The fraction of sp³-hybridized carbons (Fsp3) is 0.955. The molecule has 2 unspecified atom stereocenters. The Morgan fingerprint density at radius 1 is 1.17 bits per heavy atom. The Balaban J connectivity index is 1.88. The second kappa shape index (κ2) is 6.02. The van der Waals surface area contributed by atoms with E-state index in [9.17, 15) is 4.79 Å². The molecule has 0 aliphatic heterocycles. The summed E-state index contributed by atoms with van der Waals surface area (Å²) in [6.45, 7) is 13.3. The van der Waals surface area contributed by atoms with E-state index in [2.05, 4.69) is 27.7 Å². The van der Waals surface area contributed by atoms with Crippen LogP contribution < -0.4 is 0 Å². The molecule has 0 spiro atoms. The van der Waals surface area contributed by atoms with E-state index in [1.165, 1.54) is 38.5 Å². The molecule has 0 aromatic rings. The number of ether oxygens (including phenoxy) is 1. The summed E-state index contributed by atoms with van der Waals surface area (Å²) in [7, 11) is 0. The Labute approximate surface area is 149 Å². The first-order chi connectivity index (χ1) is 11.1. The van der Waals surface area contributed by atoms with Gasteiger partial charge in [0.2, 0.25) is 0 Å². The highest BCUT2D eigenvalue weighted by atomic mass is 16.6. The van der Waals surface area contributed by atoms with Crippen molar-refractivity contribution in [3.63, 3.8) is 0 Å². The van der Waals surface area contributed by atoms with Gasteiger partial charge in [-0.1, -0.05) is 27.7 Å². The molecule has 4 aliphatic rings. The molecule has 0 heterocycles.